The van der Waals surface area contributed by atoms with Gasteiger partial charge in [0.05, 0.1) is 19.8 Å². The van der Waals surface area contributed by atoms with E-state index in [-0.39, 0.29) is 18.3 Å². The van der Waals surface area contributed by atoms with Gasteiger partial charge < -0.3 is 9.47 Å². The summed E-state index contributed by atoms with van der Waals surface area (Å²) in [6, 6.07) is 17.2. The predicted octanol–water partition coefficient (Wildman–Crippen LogP) is 6.17. The minimum Gasteiger partial charge on any atom is -0.497 e. The van der Waals surface area contributed by atoms with Crippen LogP contribution in [0.25, 0.3) is 0 Å². The Hall–Kier alpha value is -2.79. The normalized spacial score (nSPS) is 13.2. The van der Waals surface area contributed by atoms with Gasteiger partial charge >= 0.3 is 0 Å². The molecule has 3 aromatic rings. The fraction of sp³-hybridized carbons (Fsp3) is 0.217. The van der Waals surface area contributed by atoms with Gasteiger partial charge in [0.1, 0.15) is 11.6 Å². The first-order valence-electron chi connectivity index (χ1n) is 8.93. The highest BCUT2D eigenvalue weighted by molar-refractivity contribution is 5.29. The highest BCUT2D eigenvalue weighted by Crippen LogP contribution is 2.35. The van der Waals surface area contributed by atoms with Crippen LogP contribution in [0.3, 0.4) is 0 Å². The molecule has 146 valence electrons. The van der Waals surface area contributed by atoms with Crippen LogP contribution < -0.4 is 4.74 Å². The van der Waals surface area contributed by atoms with Crippen LogP contribution in [0, 0.1) is 17.5 Å². The average molecular weight is 386 g/mol. The number of halogens is 3. The second-order valence-electron chi connectivity index (χ2n) is 6.59. The molecule has 0 N–H and O–H groups in total. The number of methoxy groups -OCH3 is 1. The Morgan fingerprint density at radius 1 is 0.786 bits per heavy atom. The molecule has 3 rings (SSSR count). The third kappa shape index (κ3) is 4.73. The molecule has 2 nitrogen and oxygen atoms in total. The molecule has 0 aromatic heterocycles. The maximum atomic E-state index is 13.8. The Morgan fingerprint density at radius 2 is 1.43 bits per heavy atom. The summed E-state index contributed by atoms with van der Waals surface area (Å²) in [6.45, 7) is 2.19. The van der Waals surface area contributed by atoms with Gasteiger partial charge in [-0.25, -0.2) is 13.2 Å². The van der Waals surface area contributed by atoms with Crippen molar-refractivity contribution in [2.24, 2.45) is 0 Å². The lowest BCUT2D eigenvalue weighted by molar-refractivity contribution is 0.0239. The van der Waals surface area contributed by atoms with E-state index in [1.165, 1.54) is 18.2 Å². The smallest absolute Gasteiger partial charge is 0.159 e. The molecule has 0 unspecified atom stereocenters. The van der Waals surface area contributed by atoms with E-state index in [0.717, 1.165) is 29.0 Å². The van der Waals surface area contributed by atoms with Crippen molar-refractivity contribution in [3.8, 4) is 5.75 Å². The molecule has 28 heavy (non-hydrogen) atoms. The summed E-state index contributed by atoms with van der Waals surface area (Å²) in [6.07, 6.45) is -0.539. The summed E-state index contributed by atoms with van der Waals surface area (Å²) < 4.78 is 51.7. The largest absolute Gasteiger partial charge is 0.497 e. The van der Waals surface area contributed by atoms with E-state index in [1.807, 2.05) is 31.2 Å². The highest BCUT2D eigenvalue weighted by atomic mass is 19.2. The first-order valence-corrected chi connectivity index (χ1v) is 8.93. The van der Waals surface area contributed by atoms with Gasteiger partial charge in [0.2, 0.25) is 0 Å². The van der Waals surface area contributed by atoms with Crippen molar-refractivity contribution in [3.05, 3.63) is 101 Å². The molecule has 2 atom stereocenters. The molecule has 0 fully saturated rings. The summed E-state index contributed by atoms with van der Waals surface area (Å²) in [4.78, 5) is 0. The molecule has 0 aliphatic rings. The van der Waals surface area contributed by atoms with E-state index in [4.69, 9.17) is 9.47 Å². The topological polar surface area (TPSA) is 18.5 Å². The number of hydrogen-bond acceptors (Lipinski definition) is 2. The molecule has 0 spiro atoms. The van der Waals surface area contributed by atoms with E-state index >= 15 is 0 Å². The summed E-state index contributed by atoms with van der Waals surface area (Å²) in [7, 11) is 1.59. The van der Waals surface area contributed by atoms with Crippen molar-refractivity contribution in [1.82, 2.24) is 0 Å². The number of ether oxygens (including phenoxy) is 2. The highest BCUT2D eigenvalue weighted by Gasteiger charge is 2.23. The van der Waals surface area contributed by atoms with Gasteiger partial charge in [-0.3, -0.25) is 0 Å². The standard InChI is InChI=1S/C23H21F3O2/c1-15(17-5-8-19(24)9-6-17)23(18-7-12-21(25)22(26)13-18)28-14-16-3-10-20(27-2)11-4-16/h3-13,15,23H,14H2,1-2H3/t15-,23-/m0/s1. The SMILES string of the molecule is COc1ccc(CO[C@H](c2ccc(F)c(F)c2)[C@@H](C)c2ccc(F)cc2)cc1. The van der Waals surface area contributed by atoms with Gasteiger partial charge in [0.15, 0.2) is 11.6 Å². The Labute approximate surface area is 162 Å². The lowest BCUT2D eigenvalue weighted by atomic mass is 9.90. The molecule has 3 aromatic carbocycles. The van der Waals surface area contributed by atoms with Crippen LogP contribution in [0.4, 0.5) is 13.2 Å². The predicted molar refractivity (Wildman–Crippen MR) is 102 cm³/mol. The maximum absolute atomic E-state index is 13.8. The lowest BCUT2D eigenvalue weighted by Crippen LogP contribution is -2.13. The van der Waals surface area contributed by atoms with Crippen molar-refractivity contribution in [2.75, 3.05) is 7.11 Å². The fourth-order valence-electron chi connectivity index (χ4n) is 3.07. The van der Waals surface area contributed by atoms with Crippen LogP contribution in [0.15, 0.2) is 66.7 Å². The summed E-state index contributed by atoms with van der Waals surface area (Å²) >= 11 is 0. The lowest BCUT2D eigenvalue weighted by Gasteiger charge is -2.26. The molecule has 0 aliphatic carbocycles. The molecule has 0 bridgehead atoms. The zero-order valence-corrected chi connectivity index (χ0v) is 15.7. The molecule has 0 saturated heterocycles. The van der Waals surface area contributed by atoms with E-state index < -0.39 is 17.7 Å². The Kier molecular flexibility index (Phi) is 6.37. The Bertz CT molecular complexity index is 908. The van der Waals surface area contributed by atoms with Crippen LogP contribution in [-0.4, -0.2) is 7.11 Å². The maximum Gasteiger partial charge on any atom is 0.159 e. The third-order valence-corrected chi connectivity index (χ3v) is 4.71. The molecule has 0 radical (unpaired) electrons. The second kappa shape index (κ2) is 8.93. The molecule has 0 amide bonds. The van der Waals surface area contributed by atoms with Crippen molar-refractivity contribution in [2.45, 2.75) is 25.6 Å². The van der Waals surface area contributed by atoms with Gasteiger partial charge in [0.25, 0.3) is 0 Å². The molecular formula is C23H21F3O2. The fourth-order valence-corrected chi connectivity index (χ4v) is 3.07. The van der Waals surface area contributed by atoms with Crippen molar-refractivity contribution in [1.29, 1.82) is 0 Å². The first-order chi connectivity index (χ1) is 13.5. The minimum atomic E-state index is -0.929. The number of hydrogen-bond donors (Lipinski definition) is 0. The van der Waals surface area contributed by atoms with Gasteiger partial charge in [-0.1, -0.05) is 37.3 Å². The molecular weight excluding hydrogens is 365 g/mol. The van der Waals surface area contributed by atoms with Gasteiger partial charge in [-0.15, -0.1) is 0 Å². The van der Waals surface area contributed by atoms with E-state index in [9.17, 15) is 13.2 Å². The second-order valence-corrected chi connectivity index (χ2v) is 6.59. The van der Waals surface area contributed by atoms with Crippen molar-refractivity contribution in [3.63, 3.8) is 0 Å². The van der Waals surface area contributed by atoms with Crippen LogP contribution in [0.2, 0.25) is 0 Å². The van der Waals surface area contributed by atoms with Crippen LogP contribution >= 0.6 is 0 Å². The van der Waals surface area contributed by atoms with Crippen molar-refractivity contribution < 1.29 is 22.6 Å². The zero-order chi connectivity index (χ0) is 20.1. The molecule has 0 aliphatic heterocycles. The van der Waals surface area contributed by atoms with Crippen LogP contribution in [-0.2, 0) is 11.3 Å². The van der Waals surface area contributed by atoms with Gasteiger partial charge in [-0.2, -0.15) is 0 Å². The quantitative estimate of drug-likeness (QED) is 0.483. The van der Waals surface area contributed by atoms with Gasteiger partial charge in [-0.05, 0) is 53.1 Å². The monoisotopic (exact) mass is 386 g/mol. The summed E-state index contributed by atoms with van der Waals surface area (Å²) in [5.74, 6) is -1.64. The number of rotatable bonds is 7. The first kappa shape index (κ1) is 20.0. The van der Waals surface area contributed by atoms with Crippen LogP contribution in [0.5, 0.6) is 5.75 Å². The molecule has 5 heteroatoms. The summed E-state index contributed by atoms with van der Waals surface area (Å²) in [5, 5.41) is 0. The minimum absolute atomic E-state index is 0.205. The van der Waals surface area contributed by atoms with E-state index in [2.05, 4.69) is 0 Å². The Morgan fingerprint density at radius 3 is 2.04 bits per heavy atom. The van der Waals surface area contributed by atoms with Crippen LogP contribution in [0.1, 0.15) is 35.6 Å². The number of benzene rings is 3. The summed E-state index contributed by atoms with van der Waals surface area (Å²) in [5.41, 5.74) is 2.27. The molecule has 0 saturated carbocycles. The van der Waals surface area contributed by atoms with E-state index in [1.54, 1.807) is 19.2 Å². The zero-order valence-electron chi connectivity index (χ0n) is 15.7. The average Bonchev–Trinajstić information content (AvgIpc) is 2.71. The third-order valence-electron chi connectivity index (χ3n) is 4.71. The van der Waals surface area contributed by atoms with Crippen molar-refractivity contribution >= 4 is 0 Å². The molecule has 0 heterocycles. The van der Waals surface area contributed by atoms with E-state index in [0.29, 0.717) is 5.56 Å². The van der Waals surface area contributed by atoms with Gasteiger partial charge in [0, 0.05) is 5.92 Å². The Balaban J connectivity index is 1.86.